The zero-order valence-electron chi connectivity index (χ0n) is 17.2. The van der Waals surface area contributed by atoms with Gasteiger partial charge in [0.1, 0.15) is 0 Å². The number of piperazine rings is 1. The van der Waals surface area contributed by atoms with E-state index < -0.39 is 10.0 Å². The zero-order chi connectivity index (χ0) is 21.0. The third kappa shape index (κ3) is 5.05. The third-order valence-corrected chi connectivity index (χ3v) is 7.23. The fraction of sp³-hybridized carbons (Fsp3) is 0.348. The molecular weight excluding hydrogens is 396 g/mol. The van der Waals surface area contributed by atoms with E-state index in [1.165, 1.54) is 0 Å². The Morgan fingerprint density at radius 1 is 1.00 bits per heavy atom. The molecule has 1 atom stereocenters. The van der Waals surface area contributed by atoms with Crippen LogP contribution in [0.15, 0.2) is 71.9 Å². The van der Waals surface area contributed by atoms with Crippen molar-refractivity contribution in [2.24, 2.45) is 0 Å². The van der Waals surface area contributed by atoms with Crippen LogP contribution in [-0.4, -0.2) is 69.0 Å². The summed E-state index contributed by atoms with van der Waals surface area (Å²) >= 11 is 0. The highest BCUT2D eigenvalue weighted by atomic mass is 32.2. The number of aromatic nitrogens is 1. The molecule has 30 heavy (non-hydrogen) atoms. The molecule has 0 radical (unpaired) electrons. The van der Waals surface area contributed by atoms with Gasteiger partial charge in [0.05, 0.1) is 4.90 Å². The summed E-state index contributed by atoms with van der Waals surface area (Å²) in [4.78, 5) is 9.07. The Balaban J connectivity index is 1.59. The Morgan fingerprint density at radius 3 is 2.53 bits per heavy atom. The van der Waals surface area contributed by atoms with Crippen molar-refractivity contribution in [3.8, 4) is 0 Å². The Labute approximate surface area is 178 Å². The first-order valence-corrected chi connectivity index (χ1v) is 11.8. The van der Waals surface area contributed by atoms with Crippen LogP contribution in [0.1, 0.15) is 5.56 Å². The zero-order valence-corrected chi connectivity index (χ0v) is 18.1. The van der Waals surface area contributed by atoms with E-state index in [0.29, 0.717) is 23.2 Å². The summed E-state index contributed by atoms with van der Waals surface area (Å²) in [6.07, 6.45) is 3.98. The molecule has 6 nitrogen and oxygen atoms in total. The molecule has 3 aromatic rings. The van der Waals surface area contributed by atoms with E-state index in [0.717, 1.165) is 37.1 Å². The average molecular weight is 425 g/mol. The smallest absolute Gasteiger partial charge is 0.241 e. The number of nitrogens with zero attached hydrogens (tertiary/aromatic N) is 3. The molecule has 0 bridgehead atoms. The molecule has 0 aliphatic carbocycles. The van der Waals surface area contributed by atoms with Crippen LogP contribution in [0.4, 0.5) is 0 Å². The summed E-state index contributed by atoms with van der Waals surface area (Å²) < 4.78 is 29.8. The third-order valence-electron chi connectivity index (χ3n) is 5.65. The maximum Gasteiger partial charge on any atom is 0.241 e. The highest BCUT2D eigenvalue weighted by Crippen LogP contribution is 2.22. The Bertz CT molecular complexity index is 1080. The molecule has 4 rings (SSSR count). The molecule has 1 aliphatic heterocycles. The molecule has 0 unspecified atom stereocenters. The number of sulfonamides is 1. The second kappa shape index (κ2) is 9.22. The molecule has 1 saturated heterocycles. The van der Waals surface area contributed by atoms with Crippen LogP contribution in [0.2, 0.25) is 0 Å². The van der Waals surface area contributed by atoms with Gasteiger partial charge in [-0.25, -0.2) is 13.1 Å². The molecule has 1 aliphatic rings. The van der Waals surface area contributed by atoms with Crippen molar-refractivity contribution in [1.29, 1.82) is 0 Å². The van der Waals surface area contributed by atoms with Crippen molar-refractivity contribution in [3.05, 3.63) is 72.6 Å². The molecule has 0 spiro atoms. The van der Waals surface area contributed by atoms with Gasteiger partial charge >= 0.3 is 0 Å². The summed E-state index contributed by atoms with van der Waals surface area (Å²) in [7, 11) is -1.56. The van der Waals surface area contributed by atoms with Crippen molar-refractivity contribution in [2.45, 2.75) is 17.4 Å². The quantitative estimate of drug-likeness (QED) is 0.631. The van der Waals surface area contributed by atoms with E-state index in [-0.39, 0.29) is 6.04 Å². The van der Waals surface area contributed by atoms with Crippen LogP contribution < -0.4 is 4.72 Å². The minimum Gasteiger partial charge on any atom is -0.304 e. The van der Waals surface area contributed by atoms with Gasteiger partial charge in [-0.05, 0) is 31.2 Å². The van der Waals surface area contributed by atoms with E-state index in [1.807, 2.05) is 24.3 Å². The molecule has 2 aromatic carbocycles. The van der Waals surface area contributed by atoms with E-state index in [9.17, 15) is 8.42 Å². The fourth-order valence-electron chi connectivity index (χ4n) is 3.99. The molecule has 0 amide bonds. The summed E-state index contributed by atoms with van der Waals surface area (Å²) in [6, 6.07) is 16.9. The number of fused-ring (bicyclic) bond motifs is 1. The summed E-state index contributed by atoms with van der Waals surface area (Å²) in [6.45, 7) is 4.59. The highest BCUT2D eigenvalue weighted by Gasteiger charge is 2.25. The van der Waals surface area contributed by atoms with Gasteiger partial charge in [0.2, 0.25) is 10.0 Å². The number of hydrogen-bond acceptors (Lipinski definition) is 5. The van der Waals surface area contributed by atoms with E-state index in [4.69, 9.17) is 0 Å². The lowest BCUT2D eigenvalue weighted by Gasteiger charge is -2.34. The van der Waals surface area contributed by atoms with Crippen LogP contribution in [-0.2, 0) is 16.4 Å². The topological polar surface area (TPSA) is 65.5 Å². The van der Waals surface area contributed by atoms with Crippen LogP contribution in [0.25, 0.3) is 10.8 Å². The number of likely N-dealkylation sites (N-methyl/N-ethyl adjacent to an activating group) is 1. The van der Waals surface area contributed by atoms with E-state index >= 15 is 0 Å². The standard InChI is InChI=1S/C23H28N4O2S/c1-26-12-14-27(15-13-26)18-21(16-19-6-3-2-4-7-19)25-30(28,29)23-9-5-8-20-17-24-11-10-22(20)23/h2-11,17,21,25H,12-16,18H2,1H3/t21-/m1/s1. The summed E-state index contributed by atoms with van der Waals surface area (Å²) in [5.41, 5.74) is 1.13. The normalized spacial score (nSPS) is 17.2. The minimum absolute atomic E-state index is 0.210. The van der Waals surface area contributed by atoms with Crippen LogP contribution in [0.3, 0.4) is 0 Å². The Kier molecular flexibility index (Phi) is 6.43. The average Bonchev–Trinajstić information content (AvgIpc) is 2.75. The lowest BCUT2D eigenvalue weighted by Crippen LogP contribution is -2.51. The van der Waals surface area contributed by atoms with Crippen LogP contribution >= 0.6 is 0 Å². The van der Waals surface area contributed by atoms with Crippen LogP contribution in [0, 0.1) is 0 Å². The largest absolute Gasteiger partial charge is 0.304 e. The lowest BCUT2D eigenvalue weighted by molar-refractivity contribution is 0.145. The van der Waals surface area contributed by atoms with Gasteiger partial charge in [-0.1, -0.05) is 42.5 Å². The van der Waals surface area contributed by atoms with Crippen molar-refractivity contribution in [3.63, 3.8) is 0 Å². The highest BCUT2D eigenvalue weighted by molar-refractivity contribution is 7.89. The van der Waals surface area contributed by atoms with Gasteiger partial charge in [-0.3, -0.25) is 9.88 Å². The lowest BCUT2D eigenvalue weighted by atomic mass is 10.1. The molecule has 2 heterocycles. The maximum atomic E-state index is 13.4. The number of benzene rings is 2. The molecule has 1 aromatic heterocycles. The first kappa shape index (κ1) is 20.9. The molecule has 0 saturated carbocycles. The van der Waals surface area contributed by atoms with Crippen molar-refractivity contribution in [2.75, 3.05) is 39.8 Å². The monoisotopic (exact) mass is 424 g/mol. The first-order chi connectivity index (χ1) is 14.5. The van der Waals surface area contributed by atoms with E-state index in [2.05, 4.69) is 38.7 Å². The van der Waals surface area contributed by atoms with E-state index in [1.54, 1.807) is 30.6 Å². The second-order valence-corrected chi connectivity index (χ2v) is 9.65. The fourth-order valence-corrected chi connectivity index (χ4v) is 5.45. The van der Waals surface area contributed by atoms with Gasteiger partial charge in [0, 0.05) is 61.9 Å². The summed E-state index contributed by atoms with van der Waals surface area (Å²) in [5, 5.41) is 1.51. The Hall–Kier alpha value is -2.32. The molecule has 7 heteroatoms. The number of hydrogen-bond donors (Lipinski definition) is 1. The Morgan fingerprint density at radius 2 is 1.77 bits per heavy atom. The van der Waals surface area contributed by atoms with Gasteiger partial charge in [0.25, 0.3) is 0 Å². The number of rotatable bonds is 7. The van der Waals surface area contributed by atoms with Crippen molar-refractivity contribution in [1.82, 2.24) is 19.5 Å². The maximum absolute atomic E-state index is 13.4. The predicted molar refractivity (Wildman–Crippen MR) is 120 cm³/mol. The molecule has 158 valence electrons. The molecular formula is C23H28N4O2S. The minimum atomic E-state index is -3.68. The van der Waals surface area contributed by atoms with Gasteiger partial charge < -0.3 is 4.90 Å². The summed E-state index contributed by atoms with van der Waals surface area (Å²) in [5.74, 6) is 0. The van der Waals surface area contributed by atoms with Crippen molar-refractivity contribution >= 4 is 20.8 Å². The van der Waals surface area contributed by atoms with Gasteiger partial charge in [0.15, 0.2) is 0 Å². The van der Waals surface area contributed by atoms with Crippen LogP contribution in [0.5, 0.6) is 0 Å². The molecule has 1 N–H and O–H groups in total. The van der Waals surface area contributed by atoms with Gasteiger partial charge in [-0.2, -0.15) is 0 Å². The number of nitrogens with one attached hydrogen (secondary N) is 1. The SMILES string of the molecule is CN1CCN(C[C@@H](Cc2ccccc2)NS(=O)(=O)c2cccc3cnccc23)CC1. The second-order valence-electron chi connectivity index (χ2n) is 7.96. The van der Waals surface area contributed by atoms with Gasteiger partial charge in [-0.15, -0.1) is 0 Å². The number of pyridine rings is 1. The van der Waals surface area contributed by atoms with Crippen molar-refractivity contribution < 1.29 is 8.42 Å². The predicted octanol–water partition coefficient (Wildman–Crippen LogP) is 2.37. The first-order valence-electron chi connectivity index (χ1n) is 10.3. The molecule has 1 fully saturated rings.